The van der Waals surface area contributed by atoms with E-state index in [0.29, 0.717) is 11.1 Å². The first-order chi connectivity index (χ1) is 16.2. The second-order valence-corrected chi connectivity index (χ2v) is 9.14. The summed E-state index contributed by atoms with van der Waals surface area (Å²) < 4.78 is 28.5. The van der Waals surface area contributed by atoms with Gasteiger partial charge in [0.15, 0.2) is 0 Å². The van der Waals surface area contributed by atoms with Gasteiger partial charge < -0.3 is 10.2 Å². The molecule has 2 atom stereocenters. The van der Waals surface area contributed by atoms with Gasteiger partial charge in [-0.3, -0.25) is 29.5 Å². The molecular formula is C23H19ClF2N4O4. The first-order valence-corrected chi connectivity index (χ1v) is 11.1. The molecule has 1 aromatic carbocycles. The van der Waals surface area contributed by atoms with Crippen LogP contribution in [0, 0.1) is 5.82 Å². The van der Waals surface area contributed by atoms with Crippen LogP contribution in [0.2, 0.25) is 5.02 Å². The first kappa shape index (κ1) is 22.4. The third kappa shape index (κ3) is 3.91. The number of nitrogens with one attached hydrogen (secondary N) is 2. The summed E-state index contributed by atoms with van der Waals surface area (Å²) >= 11 is 6.07. The van der Waals surface area contributed by atoms with Crippen molar-refractivity contribution >= 4 is 35.2 Å². The fourth-order valence-corrected chi connectivity index (χ4v) is 4.68. The Morgan fingerprint density at radius 1 is 1.26 bits per heavy atom. The van der Waals surface area contributed by atoms with Crippen molar-refractivity contribution in [2.75, 3.05) is 0 Å². The number of hydrogen-bond acceptors (Lipinski definition) is 5. The van der Waals surface area contributed by atoms with Crippen LogP contribution in [0.25, 0.3) is 0 Å². The van der Waals surface area contributed by atoms with Crippen LogP contribution in [0.3, 0.4) is 0 Å². The highest BCUT2D eigenvalue weighted by molar-refractivity contribution is 6.31. The van der Waals surface area contributed by atoms with Gasteiger partial charge in [-0.15, -0.1) is 0 Å². The number of carbonyl (C=O) groups is 4. The van der Waals surface area contributed by atoms with Gasteiger partial charge in [0.05, 0.1) is 16.9 Å². The lowest BCUT2D eigenvalue weighted by Crippen LogP contribution is -2.52. The van der Waals surface area contributed by atoms with Crippen LogP contribution in [0.5, 0.6) is 0 Å². The molecule has 1 saturated carbocycles. The van der Waals surface area contributed by atoms with Crippen molar-refractivity contribution in [3.63, 3.8) is 0 Å². The molecule has 2 aromatic rings. The van der Waals surface area contributed by atoms with Crippen LogP contribution >= 0.6 is 11.6 Å². The molecule has 11 heteroatoms. The van der Waals surface area contributed by atoms with Crippen molar-refractivity contribution < 1.29 is 28.0 Å². The molecule has 1 aliphatic carbocycles. The summed E-state index contributed by atoms with van der Waals surface area (Å²) in [6.45, 7) is 0.101. The summed E-state index contributed by atoms with van der Waals surface area (Å²) in [5.41, 5.74) is -0.622. The molecule has 2 aliphatic heterocycles. The van der Waals surface area contributed by atoms with Crippen LogP contribution in [0.1, 0.15) is 63.7 Å². The number of alkyl halides is 1. The third-order valence-corrected chi connectivity index (χ3v) is 6.72. The number of benzene rings is 1. The van der Waals surface area contributed by atoms with Gasteiger partial charge in [0.2, 0.25) is 11.8 Å². The van der Waals surface area contributed by atoms with E-state index in [1.54, 1.807) is 0 Å². The molecule has 176 valence electrons. The van der Waals surface area contributed by atoms with E-state index in [1.807, 2.05) is 0 Å². The lowest BCUT2D eigenvalue weighted by molar-refractivity contribution is -0.136. The molecule has 4 amide bonds. The van der Waals surface area contributed by atoms with Crippen molar-refractivity contribution in [2.24, 2.45) is 0 Å². The molecule has 8 nitrogen and oxygen atoms in total. The van der Waals surface area contributed by atoms with Crippen LogP contribution in [0.4, 0.5) is 8.78 Å². The Labute approximate surface area is 197 Å². The van der Waals surface area contributed by atoms with Crippen molar-refractivity contribution in [1.29, 1.82) is 0 Å². The maximum Gasteiger partial charge on any atom is 0.255 e. The summed E-state index contributed by atoms with van der Waals surface area (Å²) in [4.78, 5) is 54.7. The van der Waals surface area contributed by atoms with E-state index < -0.39 is 35.4 Å². The molecule has 1 aromatic heterocycles. The molecular weight excluding hydrogens is 470 g/mol. The van der Waals surface area contributed by atoms with E-state index in [9.17, 15) is 23.6 Å². The number of halogens is 3. The van der Waals surface area contributed by atoms with Crippen LogP contribution in [0.15, 0.2) is 30.5 Å². The number of rotatable bonds is 5. The van der Waals surface area contributed by atoms with Gasteiger partial charge in [-0.1, -0.05) is 11.6 Å². The van der Waals surface area contributed by atoms with E-state index >= 15 is 4.39 Å². The molecule has 3 aliphatic rings. The number of aromatic nitrogens is 1. The first-order valence-electron chi connectivity index (χ1n) is 10.7. The van der Waals surface area contributed by atoms with Gasteiger partial charge in [-0.2, -0.15) is 0 Å². The van der Waals surface area contributed by atoms with Gasteiger partial charge in [-0.05, 0) is 49.1 Å². The Morgan fingerprint density at radius 3 is 2.71 bits per heavy atom. The Bertz CT molecular complexity index is 1250. The maximum atomic E-state index is 15.1. The quantitative estimate of drug-likeness (QED) is 0.629. The molecule has 1 saturated heterocycles. The number of piperidine rings is 1. The van der Waals surface area contributed by atoms with E-state index in [2.05, 4.69) is 15.6 Å². The van der Waals surface area contributed by atoms with Gasteiger partial charge >= 0.3 is 0 Å². The standard InChI is InChI=1S/C23H19ClF2N4O4/c24-15-8-13(25)9-27-18(15)19(23(26)5-6-23)29-20(32)11-1-2-14-12(7-11)10-30(22(14)34)16-3-4-17(31)28-21(16)33/h1-2,7-9,16,19H,3-6,10H2,(H,29,32)(H,28,31,33)/t16-,19+/m0/s1. The number of pyridine rings is 1. The predicted octanol–water partition coefficient (Wildman–Crippen LogP) is 2.61. The lowest BCUT2D eigenvalue weighted by atomic mass is 10.0. The lowest BCUT2D eigenvalue weighted by Gasteiger charge is -2.29. The minimum Gasteiger partial charge on any atom is -0.340 e. The number of hydrogen-bond donors (Lipinski definition) is 2. The van der Waals surface area contributed by atoms with E-state index in [-0.39, 0.29) is 60.3 Å². The summed E-state index contributed by atoms with van der Waals surface area (Å²) in [7, 11) is 0. The molecule has 2 N–H and O–H groups in total. The van der Waals surface area contributed by atoms with Gasteiger partial charge in [0, 0.05) is 24.1 Å². The minimum absolute atomic E-state index is 0.0387. The third-order valence-electron chi connectivity index (χ3n) is 6.42. The van der Waals surface area contributed by atoms with Crippen molar-refractivity contribution in [1.82, 2.24) is 20.5 Å². The number of nitrogens with zero attached hydrogens (tertiary/aromatic N) is 2. The predicted molar refractivity (Wildman–Crippen MR) is 115 cm³/mol. The SMILES string of the molecule is O=C1CC[C@H](N2Cc3cc(C(=O)N[C@H](c4ncc(F)cc4Cl)C4(F)CC4)ccc3C2=O)C(=O)N1. The van der Waals surface area contributed by atoms with Crippen LogP contribution < -0.4 is 10.6 Å². The maximum absolute atomic E-state index is 15.1. The van der Waals surface area contributed by atoms with Gasteiger partial charge in [0.25, 0.3) is 11.8 Å². The summed E-state index contributed by atoms with van der Waals surface area (Å²) in [5, 5.41) is 4.77. The number of fused-ring (bicyclic) bond motifs is 1. The summed E-state index contributed by atoms with van der Waals surface area (Å²) in [6.07, 6.45) is 1.68. The summed E-state index contributed by atoms with van der Waals surface area (Å²) in [6, 6.07) is 3.52. The highest BCUT2D eigenvalue weighted by Crippen LogP contribution is 2.50. The van der Waals surface area contributed by atoms with E-state index in [0.717, 1.165) is 12.3 Å². The molecule has 3 heterocycles. The molecule has 34 heavy (non-hydrogen) atoms. The van der Waals surface area contributed by atoms with Gasteiger partial charge in [0.1, 0.15) is 23.6 Å². The van der Waals surface area contributed by atoms with Crippen molar-refractivity contribution in [2.45, 2.75) is 50.0 Å². The van der Waals surface area contributed by atoms with Gasteiger partial charge in [-0.25, -0.2) is 8.78 Å². The average molecular weight is 489 g/mol. The Hall–Kier alpha value is -3.40. The Kier molecular flexibility index (Phi) is 5.35. The van der Waals surface area contributed by atoms with E-state index in [4.69, 9.17) is 11.6 Å². The number of carbonyl (C=O) groups excluding carboxylic acids is 4. The van der Waals surface area contributed by atoms with Crippen molar-refractivity contribution in [3.8, 4) is 0 Å². The zero-order chi connectivity index (χ0) is 24.2. The zero-order valence-electron chi connectivity index (χ0n) is 17.7. The Morgan fingerprint density at radius 2 is 2.03 bits per heavy atom. The molecule has 0 unspecified atom stereocenters. The second kappa shape index (κ2) is 8.12. The molecule has 5 rings (SSSR count). The smallest absolute Gasteiger partial charge is 0.255 e. The monoisotopic (exact) mass is 488 g/mol. The molecule has 0 bridgehead atoms. The van der Waals surface area contributed by atoms with Crippen LogP contribution in [-0.4, -0.2) is 45.2 Å². The fraction of sp³-hybridized carbons (Fsp3) is 0.348. The fourth-order valence-electron chi connectivity index (χ4n) is 4.42. The Balaban J connectivity index is 1.37. The number of amides is 4. The highest BCUT2D eigenvalue weighted by Gasteiger charge is 2.53. The zero-order valence-corrected chi connectivity index (χ0v) is 18.5. The average Bonchev–Trinajstić information content (AvgIpc) is 3.45. The summed E-state index contributed by atoms with van der Waals surface area (Å²) in [5.74, 6) is -2.55. The second-order valence-electron chi connectivity index (χ2n) is 8.73. The number of imide groups is 1. The highest BCUT2D eigenvalue weighted by atomic mass is 35.5. The topological polar surface area (TPSA) is 108 Å². The van der Waals surface area contributed by atoms with Crippen molar-refractivity contribution in [3.05, 3.63) is 63.7 Å². The molecule has 2 fully saturated rings. The normalized spacial score (nSPS) is 21.7. The van der Waals surface area contributed by atoms with E-state index in [1.165, 1.54) is 23.1 Å². The molecule has 0 radical (unpaired) electrons. The minimum atomic E-state index is -1.74. The van der Waals surface area contributed by atoms with Crippen LogP contribution in [-0.2, 0) is 16.1 Å². The molecule has 0 spiro atoms. The largest absolute Gasteiger partial charge is 0.340 e.